The van der Waals surface area contributed by atoms with E-state index in [1.54, 1.807) is 12.3 Å². The van der Waals surface area contributed by atoms with Crippen LogP contribution in [0.25, 0.3) is 0 Å². The summed E-state index contributed by atoms with van der Waals surface area (Å²) >= 11 is 0. The van der Waals surface area contributed by atoms with Crippen LogP contribution in [-0.2, 0) is 14.4 Å². The number of allylic oxidation sites excluding steroid dienone is 2. The standard InChI is InChI=1S/C48H71N3O5/c1-27(2)41-39(53)24-48(20-21-49-26-45(5,6)51-43(54)37-14-10-28(3)25-50-37)19-17-31-32-12-15-40-46(7,8)30(22-38(52)34-23-35(29(34)4)44(55)56)16-18-47(40,9)36(32)13-11-33(31)42(41)48/h10,14,25,27,29-36,40,49H,11-13,15-24,26H2,1-9H3,(H,51,54)(H,55,56). The molecule has 0 saturated heterocycles. The molecule has 56 heavy (non-hydrogen) atoms. The van der Waals surface area contributed by atoms with Crippen molar-refractivity contribution >= 4 is 23.4 Å². The van der Waals surface area contributed by atoms with Crippen LogP contribution in [-0.4, -0.2) is 52.2 Å². The minimum Gasteiger partial charge on any atom is -0.481 e. The monoisotopic (exact) mass is 770 g/mol. The molecule has 1 aromatic heterocycles. The lowest BCUT2D eigenvalue weighted by molar-refractivity contribution is -0.162. The number of hydrogen-bond acceptors (Lipinski definition) is 6. The Morgan fingerprint density at radius 1 is 0.982 bits per heavy atom. The highest BCUT2D eigenvalue weighted by atomic mass is 16.4. The Hall–Kier alpha value is -2.87. The molecule has 1 heterocycles. The van der Waals surface area contributed by atoms with Crippen molar-refractivity contribution in [2.75, 3.05) is 13.1 Å². The summed E-state index contributed by atoms with van der Waals surface area (Å²) in [7, 11) is 0. The number of Topliss-reactive ketones (excluding diaryl/α,β-unsaturated/α-hetero) is 2. The van der Waals surface area contributed by atoms with Gasteiger partial charge in [-0.05, 0) is 167 Å². The smallest absolute Gasteiger partial charge is 0.306 e. The van der Waals surface area contributed by atoms with Gasteiger partial charge in [0.1, 0.15) is 11.5 Å². The van der Waals surface area contributed by atoms with Crippen LogP contribution in [0.3, 0.4) is 0 Å². The van der Waals surface area contributed by atoms with Crippen molar-refractivity contribution in [2.24, 2.45) is 75.4 Å². The van der Waals surface area contributed by atoms with Gasteiger partial charge in [0.05, 0.1) is 5.92 Å². The highest BCUT2D eigenvalue weighted by Gasteiger charge is 2.63. The van der Waals surface area contributed by atoms with Gasteiger partial charge >= 0.3 is 5.97 Å². The summed E-state index contributed by atoms with van der Waals surface area (Å²) in [5.41, 5.74) is 3.95. The number of carboxylic acids is 1. The topological polar surface area (TPSA) is 125 Å². The number of aliphatic carboxylic acids is 1. The second kappa shape index (κ2) is 15.1. The molecule has 8 nitrogen and oxygen atoms in total. The number of fused-ring (bicyclic) bond motifs is 7. The predicted molar refractivity (Wildman–Crippen MR) is 220 cm³/mol. The fraction of sp³-hybridized carbons (Fsp3) is 0.771. The quantitative estimate of drug-likeness (QED) is 0.181. The number of aryl methyl sites for hydroxylation is 1. The molecular formula is C48H71N3O5. The molecule has 11 unspecified atom stereocenters. The number of carbonyl (C=O) groups excluding carboxylic acids is 3. The third-order valence-electron chi connectivity index (χ3n) is 17.2. The van der Waals surface area contributed by atoms with Gasteiger partial charge in [0, 0.05) is 42.5 Å². The third kappa shape index (κ3) is 7.14. The maximum absolute atomic E-state index is 14.0. The number of carbonyl (C=O) groups is 4. The number of nitrogens with zero attached hydrogens (tertiary/aromatic N) is 1. The molecule has 5 fully saturated rings. The van der Waals surface area contributed by atoms with Crippen LogP contribution >= 0.6 is 0 Å². The van der Waals surface area contributed by atoms with Crippen LogP contribution in [0.5, 0.6) is 0 Å². The molecule has 6 aliphatic carbocycles. The summed E-state index contributed by atoms with van der Waals surface area (Å²) in [6, 6.07) is 3.68. The van der Waals surface area contributed by atoms with Crippen molar-refractivity contribution in [3.8, 4) is 0 Å². The summed E-state index contributed by atoms with van der Waals surface area (Å²) in [5, 5.41) is 16.4. The molecule has 3 N–H and O–H groups in total. The maximum Gasteiger partial charge on any atom is 0.306 e. The SMILES string of the molecule is Cc1ccc(C(=O)NC(C)(C)CNCCC23CCC4C(CCC5C4CCC4C(C)(C)C(CC(=O)C6CC(C(=O)O)C6C)CCC54C)C2=C(C(C)C)C(=O)C3)nc1. The summed E-state index contributed by atoms with van der Waals surface area (Å²) in [5.74, 6) is 2.94. The Morgan fingerprint density at radius 2 is 1.73 bits per heavy atom. The van der Waals surface area contributed by atoms with Crippen molar-refractivity contribution in [3.63, 3.8) is 0 Å². The van der Waals surface area contributed by atoms with Crippen LogP contribution in [0.4, 0.5) is 0 Å². The summed E-state index contributed by atoms with van der Waals surface area (Å²) < 4.78 is 0. The van der Waals surface area contributed by atoms with E-state index in [1.165, 1.54) is 44.1 Å². The Labute approximate surface area is 336 Å². The van der Waals surface area contributed by atoms with E-state index in [-0.39, 0.29) is 45.8 Å². The number of ketones is 2. The van der Waals surface area contributed by atoms with Gasteiger partial charge in [-0.25, -0.2) is 0 Å². The first-order valence-electron chi connectivity index (χ1n) is 22.3. The average Bonchev–Trinajstić information content (AvgIpc) is 3.43. The average molecular weight is 770 g/mol. The number of rotatable bonds is 12. The van der Waals surface area contributed by atoms with Gasteiger partial charge in [-0.15, -0.1) is 0 Å². The molecule has 0 spiro atoms. The molecule has 308 valence electrons. The van der Waals surface area contributed by atoms with E-state index in [1.807, 2.05) is 33.8 Å². The first kappa shape index (κ1) is 41.3. The van der Waals surface area contributed by atoms with E-state index in [0.29, 0.717) is 78.6 Å². The van der Waals surface area contributed by atoms with E-state index < -0.39 is 11.5 Å². The van der Waals surface area contributed by atoms with Crippen LogP contribution < -0.4 is 10.6 Å². The highest BCUT2D eigenvalue weighted by molar-refractivity contribution is 6.00. The van der Waals surface area contributed by atoms with E-state index in [2.05, 4.69) is 50.2 Å². The molecule has 1 amide bonds. The summed E-state index contributed by atoms with van der Waals surface area (Å²) in [4.78, 5) is 56.4. The number of nitrogens with one attached hydrogen (secondary N) is 2. The fourth-order valence-electron chi connectivity index (χ4n) is 14.3. The van der Waals surface area contributed by atoms with Crippen molar-refractivity contribution in [2.45, 2.75) is 145 Å². The third-order valence-corrected chi connectivity index (χ3v) is 17.2. The molecule has 0 aromatic carbocycles. The fourth-order valence-corrected chi connectivity index (χ4v) is 14.3. The number of amides is 1. The van der Waals surface area contributed by atoms with Gasteiger partial charge < -0.3 is 15.7 Å². The number of pyridine rings is 1. The van der Waals surface area contributed by atoms with Crippen molar-refractivity contribution in [3.05, 3.63) is 40.7 Å². The number of aromatic nitrogens is 1. The number of hydrogen-bond donors (Lipinski definition) is 3. The minimum absolute atomic E-state index is 0.0522. The molecule has 6 aliphatic rings. The lowest BCUT2D eigenvalue weighted by atomic mass is 9.39. The Bertz CT molecular complexity index is 1740. The summed E-state index contributed by atoms with van der Waals surface area (Å²) in [6.45, 7) is 21.4. The maximum atomic E-state index is 14.0. The van der Waals surface area contributed by atoms with E-state index in [9.17, 15) is 24.3 Å². The van der Waals surface area contributed by atoms with Gasteiger partial charge in [-0.1, -0.05) is 53.2 Å². The lowest BCUT2D eigenvalue weighted by Gasteiger charge is -2.65. The molecule has 11 atom stereocenters. The molecule has 0 aliphatic heterocycles. The van der Waals surface area contributed by atoms with Gasteiger partial charge in [0.25, 0.3) is 5.91 Å². The molecule has 1 aromatic rings. The zero-order valence-electron chi connectivity index (χ0n) is 35.9. The second-order valence-corrected chi connectivity index (χ2v) is 21.5. The van der Waals surface area contributed by atoms with Crippen LogP contribution in [0.2, 0.25) is 0 Å². The van der Waals surface area contributed by atoms with Crippen LogP contribution in [0, 0.1) is 82.3 Å². The van der Waals surface area contributed by atoms with E-state index in [4.69, 9.17) is 0 Å². The van der Waals surface area contributed by atoms with E-state index in [0.717, 1.165) is 36.9 Å². The van der Waals surface area contributed by atoms with Gasteiger partial charge in [0.2, 0.25) is 0 Å². The molecule has 0 bridgehead atoms. The Morgan fingerprint density at radius 3 is 2.39 bits per heavy atom. The van der Waals surface area contributed by atoms with Gasteiger partial charge in [-0.3, -0.25) is 24.2 Å². The molecule has 8 heteroatoms. The second-order valence-electron chi connectivity index (χ2n) is 21.5. The first-order chi connectivity index (χ1) is 26.3. The Balaban J connectivity index is 1.02. The van der Waals surface area contributed by atoms with Crippen molar-refractivity contribution < 1.29 is 24.3 Å². The minimum atomic E-state index is -0.755. The van der Waals surface area contributed by atoms with Crippen LogP contribution in [0.1, 0.15) is 148 Å². The zero-order valence-corrected chi connectivity index (χ0v) is 35.9. The predicted octanol–water partition coefficient (Wildman–Crippen LogP) is 9.01. The van der Waals surface area contributed by atoms with Gasteiger partial charge in [-0.2, -0.15) is 0 Å². The first-order valence-corrected chi connectivity index (χ1v) is 22.3. The van der Waals surface area contributed by atoms with Crippen molar-refractivity contribution in [1.82, 2.24) is 15.6 Å². The molecule has 0 radical (unpaired) electrons. The summed E-state index contributed by atoms with van der Waals surface area (Å²) in [6.07, 6.45) is 13.9. The lowest BCUT2D eigenvalue weighted by Crippen LogP contribution is -2.58. The normalized spacial score (nSPS) is 37.5. The zero-order chi connectivity index (χ0) is 40.5. The molecule has 7 rings (SSSR count). The van der Waals surface area contributed by atoms with Gasteiger partial charge in [0.15, 0.2) is 5.78 Å². The molecular weight excluding hydrogens is 699 g/mol. The molecule has 5 saturated carbocycles. The Kier molecular flexibility index (Phi) is 11.1. The highest BCUT2D eigenvalue weighted by Crippen LogP contribution is 2.70. The van der Waals surface area contributed by atoms with E-state index >= 15 is 0 Å². The van der Waals surface area contributed by atoms with Crippen LogP contribution in [0.15, 0.2) is 29.5 Å². The number of carboxylic acid groups (broad SMARTS) is 1. The largest absolute Gasteiger partial charge is 0.481 e. The van der Waals surface area contributed by atoms with Crippen molar-refractivity contribution in [1.29, 1.82) is 0 Å².